The highest BCUT2D eigenvalue weighted by atomic mass is 28.4. The van der Waals surface area contributed by atoms with E-state index < -0.39 is 34.8 Å². The molecule has 0 N–H and O–H groups in total. The largest absolute Gasteiger partial charge is 0.410 e. The molecule has 0 radical (unpaired) electrons. The highest BCUT2D eigenvalue weighted by molar-refractivity contribution is 6.77. The molecule has 0 aromatic heterocycles. The first-order valence-corrected chi connectivity index (χ1v) is 41.5. The molecule has 9 fully saturated rings. The molecule has 12 aliphatic heterocycles. The number of hydrogen-bond donors (Lipinski definition) is 0. The lowest BCUT2D eigenvalue weighted by molar-refractivity contribution is -0.335. The first-order valence-electron chi connectivity index (χ1n) is 37.4. The van der Waals surface area contributed by atoms with Gasteiger partial charge in [0.15, 0.2) is 12.1 Å². The summed E-state index contributed by atoms with van der Waals surface area (Å²) >= 11 is 0. The lowest BCUT2D eigenvalue weighted by Crippen LogP contribution is -2.65. The van der Waals surface area contributed by atoms with Crippen LogP contribution in [-0.4, -0.2) is 171 Å². The topological polar surface area (TPSA) is 129 Å². The molecule has 12 rings (SSSR count). The molecule has 14 nitrogen and oxygen atoms in total. The van der Waals surface area contributed by atoms with Crippen LogP contribution in [0.3, 0.4) is 0 Å². The van der Waals surface area contributed by atoms with Gasteiger partial charge >= 0.3 is 0 Å². The van der Waals surface area contributed by atoms with Crippen molar-refractivity contribution >= 4 is 17.1 Å². The van der Waals surface area contributed by atoms with Gasteiger partial charge in [0.1, 0.15) is 18.3 Å². The van der Waals surface area contributed by atoms with Crippen LogP contribution >= 0.6 is 0 Å². The summed E-state index contributed by atoms with van der Waals surface area (Å²) in [5.41, 5.74) is 3.46. The van der Waals surface area contributed by atoms with E-state index in [-0.39, 0.29) is 151 Å². The molecular formula is C75H128O14Si2. The first kappa shape index (κ1) is 71.4. The molecule has 4 unspecified atom stereocenters. The van der Waals surface area contributed by atoms with E-state index in [0.29, 0.717) is 55.0 Å². The molecule has 520 valence electrons. The minimum absolute atomic E-state index is 0.0123. The number of ether oxygens (including phenoxy) is 13. The van der Waals surface area contributed by atoms with Crippen LogP contribution in [0.25, 0.3) is 0 Å². The Hall–Kier alpha value is -0.906. The quantitative estimate of drug-likeness (QED) is 0.144. The summed E-state index contributed by atoms with van der Waals surface area (Å²) < 4.78 is 99.5. The van der Waals surface area contributed by atoms with Crippen LogP contribution in [0.4, 0.5) is 0 Å². The minimum Gasteiger partial charge on any atom is -0.410 e. The molecule has 0 aromatic rings. The Morgan fingerprint density at radius 1 is 0.484 bits per heavy atom. The van der Waals surface area contributed by atoms with E-state index in [1.165, 1.54) is 0 Å². The molecule has 0 bridgehead atoms. The maximum Gasteiger partial charge on any atom is 0.200 e. The van der Waals surface area contributed by atoms with E-state index in [1.54, 1.807) is 0 Å². The van der Waals surface area contributed by atoms with E-state index in [9.17, 15) is 0 Å². The Balaban J connectivity index is 0.000000784. The molecule has 91 heavy (non-hydrogen) atoms. The van der Waals surface area contributed by atoms with Gasteiger partial charge in [-0.2, -0.15) is 0 Å². The number of fused-ring (bicyclic) bond motifs is 9. The van der Waals surface area contributed by atoms with E-state index in [0.717, 1.165) is 74.6 Å². The van der Waals surface area contributed by atoms with E-state index >= 15 is 0 Å². The summed E-state index contributed by atoms with van der Waals surface area (Å²) in [5, 5.41) is 0. The molecule has 12 aliphatic rings. The average molecular weight is 1310 g/mol. The fraction of sp³-hybridized carbons (Fsp3) is 0.920. The summed E-state index contributed by atoms with van der Waals surface area (Å²) in [6.45, 7) is 49.3. The second-order valence-electron chi connectivity index (χ2n) is 33.4. The summed E-state index contributed by atoms with van der Waals surface area (Å²) in [6, 6.07) is 0. The van der Waals surface area contributed by atoms with Gasteiger partial charge in [-0.25, -0.2) is 0 Å². The molecule has 0 saturated carbocycles. The van der Waals surface area contributed by atoms with Gasteiger partial charge in [0.05, 0.1) is 123 Å². The molecule has 9 saturated heterocycles. The van der Waals surface area contributed by atoms with Crippen molar-refractivity contribution in [2.75, 3.05) is 19.8 Å². The van der Waals surface area contributed by atoms with Crippen LogP contribution in [0.5, 0.6) is 0 Å². The Morgan fingerprint density at radius 3 is 1.74 bits per heavy atom. The molecule has 0 amide bonds. The van der Waals surface area contributed by atoms with Crippen molar-refractivity contribution in [2.24, 2.45) is 41.4 Å². The zero-order valence-corrected chi connectivity index (χ0v) is 62.4. The molecule has 29 atom stereocenters. The van der Waals surface area contributed by atoms with Gasteiger partial charge in [-0.15, -0.1) is 0 Å². The second kappa shape index (κ2) is 29.5. The van der Waals surface area contributed by atoms with Gasteiger partial charge in [-0.3, -0.25) is 0 Å². The number of hydrogen-bond acceptors (Lipinski definition) is 14. The van der Waals surface area contributed by atoms with Crippen molar-refractivity contribution in [2.45, 2.75) is 376 Å². The Morgan fingerprint density at radius 2 is 1.07 bits per heavy atom. The zero-order chi connectivity index (χ0) is 65.2. The molecule has 0 aliphatic carbocycles. The van der Waals surface area contributed by atoms with Crippen LogP contribution in [0.2, 0.25) is 33.2 Å². The van der Waals surface area contributed by atoms with Crippen LogP contribution < -0.4 is 0 Å². The standard InChI is InChI=1S/C66H106O14Si.C9H22Si/c1-35(2)81(36(3)4,37(5)6)80-58-34-54-55(30-38(7)29-51-53(73-54)33-57-61(76-51)40(9)41(10)64-63(77-57)42(11)44(13)66(79-64)25-18-27-69-66)78-65(58,14)39(8)31-59-67-28-24-49-46(74-59)21-17-20-45-47(70-49)22-23-48-52(71-45)32-56-62(75-48)43(12)60-50(72-56)19-15-16-26-68-60;1-7(2)10(8(3)4)9(5)6/h15-17,21-23,35-64H,18-20,24-34H2,1-14H3;7-10H,1-6H3/b21-17-;/t38?,39-,40+,41+,42+,43-,44+,45-,46+,47+,48-,49-,50+,51+,52+,53-,54+,55-,56-,57+,58?,59?,60-,61-,62+,63-,64+,65+,66?;/m1./s1. The van der Waals surface area contributed by atoms with E-state index in [4.69, 9.17) is 66.0 Å². The van der Waals surface area contributed by atoms with Gasteiger partial charge in [0, 0.05) is 52.7 Å². The lowest BCUT2D eigenvalue weighted by atomic mass is 9.73. The van der Waals surface area contributed by atoms with Crippen molar-refractivity contribution in [1.82, 2.24) is 0 Å². The van der Waals surface area contributed by atoms with E-state index in [1.807, 2.05) is 0 Å². The van der Waals surface area contributed by atoms with Gasteiger partial charge in [-0.1, -0.05) is 185 Å². The minimum atomic E-state index is -2.43. The van der Waals surface area contributed by atoms with Crippen molar-refractivity contribution < 1.29 is 66.0 Å². The third-order valence-corrected chi connectivity index (χ3v) is 36.4. The average Bonchev–Trinajstić information content (AvgIpc) is 1.75. The normalized spacial score (nSPS) is 47.5. The molecule has 12 heterocycles. The molecule has 1 spiro atoms. The van der Waals surface area contributed by atoms with Crippen molar-refractivity contribution in [3.05, 3.63) is 36.5 Å². The SMILES string of the molecule is CC(C)[SiH](C(C)C)C(C)C.CC1C[C@@H]2O[C@@H]3[C@@H](C)[C@H](C)[C@@H]4OC5(CCCO5)[C@@H](C)[C@H](C)[C@H]4O[C@H]3C[C@H]2O[C@H]2CC(O[Si](C(C)C)(C(C)C)C(C)C)[C@](C)([C@H](C)CC3OCC[C@H]4O[C@H]5C=C[C@H]6O[C@H]7[C@H](C)[C@H]8OCC=CC[C@@H]8O[C@@H]7C[C@@H]6O[C@@H]5C/C=C\[C@@H]4O3)O[C@@H]2C1. The van der Waals surface area contributed by atoms with Crippen molar-refractivity contribution in [1.29, 1.82) is 0 Å². The maximum atomic E-state index is 8.02. The first-order chi connectivity index (χ1) is 43.2. The lowest BCUT2D eigenvalue weighted by Gasteiger charge is -2.57. The van der Waals surface area contributed by atoms with Crippen LogP contribution in [0, 0.1) is 41.4 Å². The Bertz CT molecular complexity index is 2390. The smallest absolute Gasteiger partial charge is 0.200 e. The molecule has 0 aromatic carbocycles. The summed E-state index contributed by atoms with van der Waals surface area (Å²) in [6.07, 6.45) is 19.5. The highest BCUT2D eigenvalue weighted by Gasteiger charge is 2.62. The third kappa shape index (κ3) is 14.5. The van der Waals surface area contributed by atoms with Crippen molar-refractivity contribution in [3.8, 4) is 0 Å². The Kier molecular flexibility index (Phi) is 23.1. The van der Waals surface area contributed by atoms with Gasteiger partial charge in [-0.05, 0) is 91.7 Å². The van der Waals surface area contributed by atoms with Crippen LogP contribution in [0.15, 0.2) is 36.5 Å². The number of rotatable bonds is 11. The van der Waals surface area contributed by atoms with Crippen LogP contribution in [-0.2, 0) is 66.0 Å². The monoisotopic (exact) mass is 1310 g/mol. The maximum absolute atomic E-state index is 8.02. The summed E-state index contributed by atoms with van der Waals surface area (Å²) in [5.74, 6) is 1.06. The fourth-order valence-corrected chi connectivity index (χ4v) is 30.8. The van der Waals surface area contributed by atoms with Gasteiger partial charge in [0.2, 0.25) is 8.32 Å². The van der Waals surface area contributed by atoms with Gasteiger partial charge < -0.3 is 66.0 Å². The molecular weight excluding hydrogens is 1180 g/mol. The van der Waals surface area contributed by atoms with Gasteiger partial charge in [0.25, 0.3) is 0 Å². The molecule has 16 heteroatoms. The zero-order valence-electron chi connectivity index (χ0n) is 60.2. The van der Waals surface area contributed by atoms with Crippen molar-refractivity contribution in [3.63, 3.8) is 0 Å². The predicted octanol–water partition coefficient (Wildman–Crippen LogP) is 15.2. The third-order valence-electron chi connectivity index (χ3n) is 25.7. The van der Waals surface area contributed by atoms with E-state index in [2.05, 4.69) is 175 Å². The second-order valence-corrected chi connectivity index (χ2v) is 44.0. The summed E-state index contributed by atoms with van der Waals surface area (Å²) in [7, 11) is -2.88. The van der Waals surface area contributed by atoms with Crippen LogP contribution in [0.1, 0.15) is 209 Å². The summed E-state index contributed by atoms with van der Waals surface area (Å²) in [4.78, 5) is 0. The predicted molar refractivity (Wildman–Crippen MR) is 363 cm³/mol. The Labute approximate surface area is 554 Å². The fourth-order valence-electron chi connectivity index (χ4n) is 20.6. The highest BCUT2D eigenvalue weighted by Crippen LogP contribution is 2.54.